The average molecular weight is 516 g/mol. The van der Waals surface area contributed by atoms with E-state index in [2.05, 4.69) is 4.74 Å². The molecule has 2 atom stereocenters. The first-order chi connectivity index (χ1) is 17.4. The first-order valence-corrected chi connectivity index (χ1v) is 10.5. The number of benzene rings is 3. The second-order valence-corrected chi connectivity index (χ2v) is 8.04. The molecule has 8 N–H and O–H groups in total. The van der Waals surface area contributed by atoms with Gasteiger partial charge in [-0.15, -0.1) is 0 Å². The highest BCUT2D eigenvalue weighted by atomic mass is 16.6. The van der Waals surface area contributed by atoms with Crippen LogP contribution in [0.4, 0.5) is 0 Å². The van der Waals surface area contributed by atoms with E-state index >= 15 is 0 Å². The molecule has 0 aliphatic carbocycles. The van der Waals surface area contributed by atoms with Crippen molar-refractivity contribution in [1.29, 1.82) is 0 Å². The monoisotopic (exact) mass is 516 g/mol. The van der Waals surface area contributed by atoms with Gasteiger partial charge in [-0.3, -0.25) is 0 Å². The molecule has 0 amide bonds. The van der Waals surface area contributed by atoms with Crippen molar-refractivity contribution in [2.24, 2.45) is 0 Å². The molecule has 3 aromatic rings. The second-order valence-electron chi connectivity index (χ2n) is 8.04. The Kier molecular flexibility index (Phi) is 6.13. The van der Waals surface area contributed by atoms with Crippen LogP contribution < -0.4 is 4.74 Å². The van der Waals surface area contributed by atoms with Gasteiger partial charge >= 0.3 is 11.9 Å². The Labute approximate surface area is 207 Å². The average Bonchev–Trinajstić information content (AvgIpc) is 2.85. The minimum Gasteiger partial charge on any atom is -0.507 e. The van der Waals surface area contributed by atoms with Gasteiger partial charge in [0.25, 0.3) is 0 Å². The van der Waals surface area contributed by atoms with E-state index in [1.807, 2.05) is 0 Å². The molecule has 1 aliphatic rings. The number of hydrogen-bond donors (Lipinski definition) is 8. The number of methoxy groups -OCH3 is 1. The van der Waals surface area contributed by atoms with Crippen LogP contribution in [0.1, 0.15) is 37.9 Å². The van der Waals surface area contributed by atoms with Gasteiger partial charge in [0.15, 0.2) is 40.6 Å². The SMILES string of the molecule is COC(=O)c1c(O)cc2c(c1O)C[C@@H](OC(=O)c1cc(O)c(O)c(O)c1)[C@@H](c1cc(O)c(O)c(O)c1)O2. The summed E-state index contributed by atoms with van der Waals surface area (Å²) in [6.07, 6.45) is -2.99. The van der Waals surface area contributed by atoms with Gasteiger partial charge in [0.05, 0.1) is 12.7 Å². The molecule has 4 rings (SSSR count). The lowest BCUT2D eigenvalue weighted by Gasteiger charge is -2.34. The van der Waals surface area contributed by atoms with Gasteiger partial charge in [0, 0.05) is 23.6 Å². The molecule has 3 aromatic carbocycles. The maximum atomic E-state index is 12.9. The van der Waals surface area contributed by atoms with Crippen molar-refractivity contribution in [2.45, 2.75) is 18.6 Å². The van der Waals surface area contributed by atoms with Crippen LogP contribution in [0.3, 0.4) is 0 Å². The van der Waals surface area contributed by atoms with Crippen molar-refractivity contribution >= 4 is 11.9 Å². The third kappa shape index (κ3) is 4.33. The van der Waals surface area contributed by atoms with Crippen LogP contribution in [-0.2, 0) is 15.9 Å². The first kappa shape index (κ1) is 24.9. The lowest BCUT2D eigenvalue weighted by Crippen LogP contribution is -2.35. The molecule has 0 saturated carbocycles. The summed E-state index contributed by atoms with van der Waals surface area (Å²) in [5.41, 5.74) is -1.000. The molecule has 0 unspecified atom stereocenters. The quantitative estimate of drug-likeness (QED) is 0.184. The van der Waals surface area contributed by atoms with Gasteiger partial charge in [-0.25, -0.2) is 9.59 Å². The number of carbonyl (C=O) groups is 2. The molecule has 13 heteroatoms. The Bertz CT molecular complexity index is 1380. The summed E-state index contributed by atoms with van der Waals surface area (Å²) in [4.78, 5) is 24.9. The number of hydrogen-bond acceptors (Lipinski definition) is 13. The summed E-state index contributed by atoms with van der Waals surface area (Å²) in [5, 5.41) is 79.6. The maximum Gasteiger partial charge on any atom is 0.345 e. The molecule has 1 heterocycles. The molecule has 0 aromatic heterocycles. The van der Waals surface area contributed by atoms with Crippen molar-refractivity contribution in [3.8, 4) is 51.7 Å². The van der Waals surface area contributed by atoms with Crippen LogP contribution in [-0.4, -0.2) is 66.0 Å². The molecule has 0 saturated heterocycles. The summed E-state index contributed by atoms with van der Waals surface area (Å²) in [6, 6.07) is 4.71. The van der Waals surface area contributed by atoms with Crippen molar-refractivity contribution < 1.29 is 64.7 Å². The van der Waals surface area contributed by atoms with Crippen molar-refractivity contribution in [3.05, 3.63) is 52.6 Å². The fourth-order valence-corrected chi connectivity index (χ4v) is 3.90. The van der Waals surface area contributed by atoms with Crippen LogP contribution in [0.2, 0.25) is 0 Å². The van der Waals surface area contributed by atoms with Gasteiger partial charge in [-0.05, 0) is 24.3 Å². The molecule has 1 aliphatic heterocycles. The maximum absolute atomic E-state index is 12.9. The van der Waals surface area contributed by atoms with Crippen LogP contribution in [0, 0.1) is 0 Å². The van der Waals surface area contributed by atoms with E-state index in [4.69, 9.17) is 9.47 Å². The topological polar surface area (TPSA) is 224 Å². The fraction of sp³-hybridized carbons (Fsp3) is 0.167. The Balaban J connectivity index is 1.80. The standard InChI is InChI=1S/C24H20O13/c1-35-24(34)18-11(25)7-16-10(19(18)30)6-17(22(36-16)8-2-12(26)20(31)13(27)3-8)37-23(33)9-4-14(28)21(32)15(29)5-9/h2-5,7,17,22,25-32H,6H2,1H3/t17-,22-/m1/s1. The highest BCUT2D eigenvalue weighted by Gasteiger charge is 2.39. The summed E-state index contributed by atoms with van der Waals surface area (Å²) in [5.74, 6) is -8.45. The number of esters is 2. The Hall–Kier alpha value is -5.20. The van der Waals surface area contributed by atoms with E-state index in [1.165, 1.54) is 0 Å². The van der Waals surface area contributed by atoms with E-state index in [0.29, 0.717) is 0 Å². The Morgan fingerprint density at radius 2 is 1.30 bits per heavy atom. The van der Waals surface area contributed by atoms with E-state index < -0.39 is 75.7 Å². The van der Waals surface area contributed by atoms with Crippen LogP contribution in [0.15, 0.2) is 30.3 Å². The lowest BCUT2D eigenvalue weighted by molar-refractivity contribution is -0.0190. The van der Waals surface area contributed by atoms with E-state index in [0.717, 1.165) is 37.4 Å². The minimum atomic E-state index is -1.35. The van der Waals surface area contributed by atoms with Gasteiger partial charge in [0.2, 0.25) is 0 Å². The van der Waals surface area contributed by atoms with Crippen molar-refractivity contribution in [2.75, 3.05) is 7.11 Å². The number of phenolic OH excluding ortho intramolecular Hbond substituents is 8. The summed E-state index contributed by atoms with van der Waals surface area (Å²) < 4.78 is 15.9. The predicted molar refractivity (Wildman–Crippen MR) is 120 cm³/mol. The van der Waals surface area contributed by atoms with Gasteiger partial charge in [-0.1, -0.05) is 0 Å². The van der Waals surface area contributed by atoms with Gasteiger partial charge in [0.1, 0.15) is 28.9 Å². The van der Waals surface area contributed by atoms with E-state index in [9.17, 15) is 50.4 Å². The van der Waals surface area contributed by atoms with E-state index in [1.54, 1.807) is 0 Å². The van der Waals surface area contributed by atoms with Crippen LogP contribution >= 0.6 is 0 Å². The largest absolute Gasteiger partial charge is 0.507 e. The molecule has 13 nitrogen and oxygen atoms in total. The van der Waals surface area contributed by atoms with Crippen LogP contribution in [0.5, 0.6) is 51.7 Å². The first-order valence-electron chi connectivity index (χ1n) is 10.5. The number of fused-ring (bicyclic) bond motifs is 1. The second kappa shape index (κ2) is 9.11. The number of aromatic hydroxyl groups is 8. The number of carbonyl (C=O) groups excluding carboxylic acids is 2. The van der Waals surface area contributed by atoms with Gasteiger partial charge in [-0.2, -0.15) is 0 Å². The van der Waals surface area contributed by atoms with Crippen LogP contribution in [0.25, 0.3) is 0 Å². The molecule has 37 heavy (non-hydrogen) atoms. The lowest BCUT2D eigenvalue weighted by atomic mass is 9.92. The zero-order valence-corrected chi connectivity index (χ0v) is 18.9. The summed E-state index contributed by atoms with van der Waals surface area (Å²) in [6.45, 7) is 0. The molecular weight excluding hydrogens is 496 g/mol. The summed E-state index contributed by atoms with van der Waals surface area (Å²) >= 11 is 0. The number of rotatable bonds is 4. The normalized spacial score (nSPS) is 16.4. The Morgan fingerprint density at radius 1 is 0.757 bits per heavy atom. The highest BCUT2D eigenvalue weighted by Crippen LogP contribution is 2.47. The molecule has 0 radical (unpaired) electrons. The van der Waals surface area contributed by atoms with E-state index in [-0.39, 0.29) is 28.9 Å². The minimum absolute atomic E-state index is 0.00340. The third-order valence-corrected chi connectivity index (χ3v) is 5.71. The predicted octanol–water partition coefficient (Wildman–Crippen LogP) is 2.02. The molecular formula is C24H20O13. The zero-order chi connectivity index (χ0) is 27.2. The number of ether oxygens (including phenoxy) is 3. The molecule has 0 fully saturated rings. The van der Waals surface area contributed by atoms with Crippen molar-refractivity contribution in [3.63, 3.8) is 0 Å². The number of phenols is 8. The molecule has 194 valence electrons. The van der Waals surface area contributed by atoms with Crippen molar-refractivity contribution in [1.82, 2.24) is 0 Å². The highest BCUT2D eigenvalue weighted by molar-refractivity contribution is 5.96. The fourth-order valence-electron chi connectivity index (χ4n) is 3.90. The zero-order valence-electron chi connectivity index (χ0n) is 18.9. The Morgan fingerprint density at radius 3 is 1.84 bits per heavy atom. The third-order valence-electron chi connectivity index (χ3n) is 5.71. The summed E-state index contributed by atoms with van der Waals surface area (Å²) in [7, 11) is 1.03. The molecule has 0 bridgehead atoms. The smallest absolute Gasteiger partial charge is 0.345 e. The van der Waals surface area contributed by atoms with Gasteiger partial charge < -0.3 is 55.1 Å². The molecule has 0 spiro atoms.